The van der Waals surface area contributed by atoms with Crippen LogP contribution in [0, 0.1) is 24.5 Å². The highest BCUT2D eigenvalue weighted by Crippen LogP contribution is 2.37. The zero-order chi connectivity index (χ0) is 16.4. The largest absolute Gasteiger partial charge is 0.388 e. The first-order valence-corrected chi connectivity index (χ1v) is 7.72. The van der Waals surface area contributed by atoms with E-state index in [4.69, 9.17) is 0 Å². The number of benzene rings is 1. The van der Waals surface area contributed by atoms with E-state index in [2.05, 4.69) is 15.3 Å². The molecule has 1 aliphatic carbocycles. The third-order valence-corrected chi connectivity index (χ3v) is 4.33. The molecule has 0 radical (unpaired) electrons. The fraction of sp³-hybridized carbons (Fsp3) is 0.412. The van der Waals surface area contributed by atoms with Gasteiger partial charge in [0.15, 0.2) is 11.6 Å². The van der Waals surface area contributed by atoms with Gasteiger partial charge in [-0.25, -0.2) is 18.7 Å². The van der Waals surface area contributed by atoms with Crippen LogP contribution in [-0.4, -0.2) is 21.1 Å². The smallest absolute Gasteiger partial charge is 0.159 e. The van der Waals surface area contributed by atoms with Crippen LogP contribution in [-0.2, 0) is 0 Å². The average Bonchev–Trinajstić information content (AvgIpc) is 2.98. The molecule has 2 N–H and O–H groups in total. The van der Waals surface area contributed by atoms with Crippen LogP contribution in [0.3, 0.4) is 0 Å². The van der Waals surface area contributed by atoms with Crippen molar-refractivity contribution >= 4 is 5.82 Å². The van der Waals surface area contributed by atoms with Gasteiger partial charge in [-0.05, 0) is 55.9 Å². The Hall–Kier alpha value is -2.08. The lowest BCUT2D eigenvalue weighted by molar-refractivity contribution is 0.110. The molecular weight excluding hydrogens is 300 g/mol. The summed E-state index contributed by atoms with van der Waals surface area (Å²) in [6.07, 6.45) is 3.39. The minimum atomic E-state index is -0.925. The number of nitrogens with zero attached hydrogens (tertiary/aromatic N) is 2. The number of nitrogens with one attached hydrogen (secondary N) is 1. The molecule has 1 heterocycles. The SMILES string of the molecule is Cc1nccc(NC2CCC(C(O)c3ccc(F)c(F)c3)C2)n1. The van der Waals surface area contributed by atoms with Crippen LogP contribution in [0.5, 0.6) is 0 Å². The maximum atomic E-state index is 13.3. The second-order valence-electron chi connectivity index (χ2n) is 6.02. The van der Waals surface area contributed by atoms with E-state index in [1.54, 1.807) is 6.20 Å². The van der Waals surface area contributed by atoms with E-state index in [1.165, 1.54) is 6.07 Å². The summed E-state index contributed by atoms with van der Waals surface area (Å²) in [4.78, 5) is 8.37. The Balaban J connectivity index is 1.63. The van der Waals surface area contributed by atoms with E-state index in [-0.39, 0.29) is 12.0 Å². The second kappa shape index (κ2) is 6.58. The Morgan fingerprint density at radius 2 is 2.04 bits per heavy atom. The van der Waals surface area contributed by atoms with Crippen molar-refractivity contribution in [2.45, 2.75) is 38.3 Å². The molecule has 3 unspecified atom stereocenters. The molecule has 3 rings (SSSR count). The molecule has 23 heavy (non-hydrogen) atoms. The van der Waals surface area contributed by atoms with Gasteiger partial charge < -0.3 is 10.4 Å². The quantitative estimate of drug-likeness (QED) is 0.907. The van der Waals surface area contributed by atoms with E-state index in [0.717, 1.165) is 37.2 Å². The number of aromatic nitrogens is 2. The van der Waals surface area contributed by atoms with Crippen LogP contribution < -0.4 is 5.32 Å². The van der Waals surface area contributed by atoms with E-state index in [1.807, 2.05) is 13.0 Å². The van der Waals surface area contributed by atoms with Gasteiger partial charge in [0.1, 0.15) is 11.6 Å². The molecule has 0 bridgehead atoms. The van der Waals surface area contributed by atoms with Gasteiger partial charge in [0, 0.05) is 12.2 Å². The number of aliphatic hydroxyl groups excluding tert-OH is 1. The minimum absolute atomic E-state index is 0.0142. The van der Waals surface area contributed by atoms with Crippen LogP contribution in [0.15, 0.2) is 30.5 Å². The molecule has 122 valence electrons. The average molecular weight is 319 g/mol. The molecule has 0 amide bonds. The Morgan fingerprint density at radius 3 is 2.78 bits per heavy atom. The number of aliphatic hydroxyl groups is 1. The number of rotatable bonds is 4. The van der Waals surface area contributed by atoms with E-state index < -0.39 is 17.7 Å². The predicted octanol–water partition coefficient (Wildman–Crippen LogP) is 3.38. The summed E-state index contributed by atoms with van der Waals surface area (Å²) in [6, 6.07) is 5.59. The summed E-state index contributed by atoms with van der Waals surface area (Å²) >= 11 is 0. The zero-order valence-corrected chi connectivity index (χ0v) is 12.8. The highest BCUT2D eigenvalue weighted by Gasteiger charge is 2.31. The van der Waals surface area contributed by atoms with Crippen LogP contribution in [0.25, 0.3) is 0 Å². The van der Waals surface area contributed by atoms with Crippen LogP contribution >= 0.6 is 0 Å². The van der Waals surface area contributed by atoms with Crippen molar-refractivity contribution in [1.29, 1.82) is 0 Å². The monoisotopic (exact) mass is 319 g/mol. The standard InChI is InChI=1S/C17H19F2N3O/c1-10-20-7-6-16(21-10)22-13-4-2-11(8-13)17(23)12-3-5-14(18)15(19)9-12/h3,5-7,9,11,13,17,23H,2,4,8H2,1H3,(H,20,21,22). The Morgan fingerprint density at radius 1 is 1.22 bits per heavy atom. The van der Waals surface area contributed by atoms with Crippen molar-refractivity contribution < 1.29 is 13.9 Å². The van der Waals surface area contributed by atoms with Crippen molar-refractivity contribution in [2.24, 2.45) is 5.92 Å². The summed E-state index contributed by atoms with van der Waals surface area (Å²) in [7, 11) is 0. The summed E-state index contributed by atoms with van der Waals surface area (Å²) < 4.78 is 26.3. The summed E-state index contributed by atoms with van der Waals surface area (Å²) in [6.45, 7) is 1.83. The van der Waals surface area contributed by atoms with Gasteiger partial charge >= 0.3 is 0 Å². The first-order valence-electron chi connectivity index (χ1n) is 7.72. The number of hydrogen-bond donors (Lipinski definition) is 2. The minimum Gasteiger partial charge on any atom is -0.388 e. The first-order chi connectivity index (χ1) is 11.0. The van der Waals surface area contributed by atoms with E-state index >= 15 is 0 Å². The first kappa shape index (κ1) is 15.8. The summed E-state index contributed by atoms with van der Waals surface area (Å²) in [5, 5.41) is 13.8. The molecule has 1 aromatic heterocycles. The molecule has 0 saturated heterocycles. The Labute approximate surface area is 133 Å². The molecular formula is C17H19F2N3O. The summed E-state index contributed by atoms with van der Waals surface area (Å²) in [5.74, 6) is -0.339. The zero-order valence-electron chi connectivity index (χ0n) is 12.8. The molecule has 1 saturated carbocycles. The highest BCUT2D eigenvalue weighted by atomic mass is 19.2. The molecule has 0 aliphatic heterocycles. The Kier molecular flexibility index (Phi) is 4.52. The van der Waals surface area contributed by atoms with Crippen LogP contribution in [0.1, 0.15) is 36.8 Å². The number of aryl methyl sites for hydroxylation is 1. The topological polar surface area (TPSA) is 58.0 Å². The third kappa shape index (κ3) is 3.64. The van der Waals surface area contributed by atoms with Gasteiger partial charge in [0.2, 0.25) is 0 Å². The molecule has 1 aliphatic rings. The predicted molar refractivity (Wildman–Crippen MR) is 82.8 cm³/mol. The molecule has 4 nitrogen and oxygen atoms in total. The number of halogens is 2. The molecule has 1 aromatic carbocycles. The van der Waals surface area contributed by atoms with Gasteiger partial charge in [-0.3, -0.25) is 0 Å². The lowest BCUT2D eigenvalue weighted by Crippen LogP contribution is -2.18. The lowest BCUT2D eigenvalue weighted by atomic mass is 9.94. The molecule has 0 spiro atoms. The van der Waals surface area contributed by atoms with Gasteiger partial charge in [-0.2, -0.15) is 0 Å². The highest BCUT2D eigenvalue weighted by molar-refractivity contribution is 5.34. The van der Waals surface area contributed by atoms with Crippen molar-refractivity contribution in [3.05, 3.63) is 53.5 Å². The van der Waals surface area contributed by atoms with Crippen molar-refractivity contribution in [3.63, 3.8) is 0 Å². The van der Waals surface area contributed by atoms with Crippen LogP contribution in [0.4, 0.5) is 14.6 Å². The maximum absolute atomic E-state index is 13.3. The number of anilines is 1. The fourth-order valence-electron chi connectivity index (χ4n) is 3.15. The molecule has 3 atom stereocenters. The summed E-state index contributed by atoms with van der Waals surface area (Å²) in [5.41, 5.74) is 0.424. The molecule has 2 aromatic rings. The fourth-order valence-corrected chi connectivity index (χ4v) is 3.15. The van der Waals surface area contributed by atoms with E-state index in [9.17, 15) is 13.9 Å². The normalized spacial score (nSPS) is 22.1. The van der Waals surface area contributed by atoms with Gasteiger partial charge in [-0.1, -0.05) is 6.07 Å². The lowest BCUT2D eigenvalue weighted by Gasteiger charge is -2.19. The van der Waals surface area contributed by atoms with Crippen molar-refractivity contribution in [1.82, 2.24) is 9.97 Å². The van der Waals surface area contributed by atoms with E-state index in [0.29, 0.717) is 11.4 Å². The second-order valence-corrected chi connectivity index (χ2v) is 6.02. The Bertz CT molecular complexity index is 695. The molecule has 6 heteroatoms. The third-order valence-electron chi connectivity index (χ3n) is 4.33. The maximum Gasteiger partial charge on any atom is 0.159 e. The van der Waals surface area contributed by atoms with Gasteiger partial charge in [0.05, 0.1) is 6.10 Å². The van der Waals surface area contributed by atoms with Crippen molar-refractivity contribution in [2.75, 3.05) is 5.32 Å². The van der Waals surface area contributed by atoms with Crippen molar-refractivity contribution in [3.8, 4) is 0 Å². The molecule has 1 fully saturated rings. The van der Waals surface area contributed by atoms with Gasteiger partial charge in [-0.15, -0.1) is 0 Å². The van der Waals surface area contributed by atoms with Gasteiger partial charge in [0.25, 0.3) is 0 Å². The number of hydrogen-bond acceptors (Lipinski definition) is 4. The van der Waals surface area contributed by atoms with Crippen LogP contribution in [0.2, 0.25) is 0 Å².